The molecule has 25 heavy (non-hydrogen) atoms. The van der Waals surface area contributed by atoms with Gasteiger partial charge in [0.25, 0.3) is 5.91 Å². The molecule has 0 aliphatic rings. The van der Waals surface area contributed by atoms with Crippen LogP contribution in [0.2, 0.25) is 0 Å². The van der Waals surface area contributed by atoms with Gasteiger partial charge in [-0.3, -0.25) is 9.59 Å². The number of carbonyl (C=O) groups is 3. The van der Waals surface area contributed by atoms with Crippen LogP contribution in [-0.4, -0.2) is 32.1 Å². The summed E-state index contributed by atoms with van der Waals surface area (Å²) in [6.45, 7) is 0. The summed E-state index contributed by atoms with van der Waals surface area (Å²) >= 11 is 0. The van der Waals surface area contributed by atoms with Gasteiger partial charge in [0.1, 0.15) is 0 Å². The normalized spacial score (nSPS) is 11.3. The largest absolute Gasteiger partial charge is 0.469 e. The van der Waals surface area contributed by atoms with E-state index in [1.165, 1.54) is 38.5 Å². The Bertz CT molecular complexity index is 740. The highest BCUT2D eigenvalue weighted by atomic mass is 16.5. The highest BCUT2D eigenvalue weighted by molar-refractivity contribution is 5.96. The molecule has 2 aromatic rings. The molecule has 0 aromatic heterocycles. The maximum absolute atomic E-state index is 12.5. The lowest BCUT2D eigenvalue weighted by Crippen LogP contribution is -2.30. The van der Waals surface area contributed by atoms with Gasteiger partial charge in [-0.2, -0.15) is 0 Å². The Balaban J connectivity index is 2.16. The second kappa shape index (κ2) is 8.63. The highest BCUT2D eigenvalue weighted by Gasteiger charge is 2.19. The molecule has 0 saturated carbocycles. The third-order valence-electron chi connectivity index (χ3n) is 3.67. The Morgan fingerprint density at radius 1 is 0.880 bits per heavy atom. The number of amides is 1. The minimum absolute atomic E-state index is 0.0203. The first-order chi connectivity index (χ1) is 12.0. The van der Waals surface area contributed by atoms with Crippen molar-refractivity contribution in [2.24, 2.45) is 0 Å². The zero-order chi connectivity index (χ0) is 18.2. The van der Waals surface area contributed by atoms with Crippen LogP contribution in [-0.2, 0) is 14.3 Å². The minimum Gasteiger partial charge on any atom is -0.469 e. The van der Waals surface area contributed by atoms with Gasteiger partial charge in [-0.05, 0) is 29.8 Å². The lowest BCUT2D eigenvalue weighted by molar-refractivity contribution is -0.141. The van der Waals surface area contributed by atoms with Crippen LogP contribution >= 0.6 is 0 Å². The highest BCUT2D eigenvalue weighted by Crippen LogP contribution is 2.18. The third-order valence-corrected chi connectivity index (χ3v) is 3.67. The van der Waals surface area contributed by atoms with E-state index in [2.05, 4.69) is 10.1 Å². The zero-order valence-electron chi connectivity index (χ0n) is 14.0. The van der Waals surface area contributed by atoms with Crippen LogP contribution in [0.3, 0.4) is 0 Å². The summed E-state index contributed by atoms with van der Waals surface area (Å²) in [7, 11) is 2.60. The molecule has 0 fully saturated rings. The van der Waals surface area contributed by atoms with E-state index in [1.807, 2.05) is 30.3 Å². The SMILES string of the molecule is COC(=O)C[C@H](NC(=O)c1ccc(C(=O)OC)cc1)c1ccccc1. The lowest BCUT2D eigenvalue weighted by Gasteiger charge is -2.18. The predicted octanol–water partition coefficient (Wildman–Crippen LogP) is 2.51. The smallest absolute Gasteiger partial charge is 0.337 e. The van der Waals surface area contributed by atoms with Crippen molar-refractivity contribution in [3.63, 3.8) is 0 Å². The zero-order valence-corrected chi connectivity index (χ0v) is 14.0. The summed E-state index contributed by atoms with van der Waals surface area (Å²) in [5, 5.41) is 2.82. The number of hydrogen-bond acceptors (Lipinski definition) is 5. The van der Waals surface area contributed by atoms with E-state index in [-0.39, 0.29) is 12.3 Å². The van der Waals surface area contributed by atoms with Crippen molar-refractivity contribution in [3.8, 4) is 0 Å². The Morgan fingerprint density at radius 3 is 2.04 bits per heavy atom. The molecular formula is C19H19NO5. The van der Waals surface area contributed by atoms with E-state index in [1.54, 1.807) is 0 Å². The Labute approximate surface area is 145 Å². The van der Waals surface area contributed by atoms with Crippen LogP contribution in [0, 0.1) is 0 Å². The number of benzene rings is 2. The fourth-order valence-corrected chi connectivity index (χ4v) is 2.30. The fraction of sp³-hybridized carbons (Fsp3) is 0.211. The van der Waals surface area contributed by atoms with Crippen LogP contribution in [0.25, 0.3) is 0 Å². The van der Waals surface area contributed by atoms with Crippen molar-refractivity contribution in [1.82, 2.24) is 5.32 Å². The van der Waals surface area contributed by atoms with Gasteiger partial charge in [0, 0.05) is 5.56 Å². The molecule has 6 heteroatoms. The van der Waals surface area contributed by atoms with Crippen LogP contribution in [0.5, 0.6) is 0 Å². The molecule has 0 aliphatic carbocycles. The molecule has 0 aliphatic heterocycles. The molecule has 0 saturated heterocycles. The van der Waals surface area contributed by atoms with Crippen molar-refractivity contribution >= 4 is 17.8 Å². The molecule has 6 nitrogen and oxygen atoms in total. The second-order valence-electron chi connectivity index (χ2n) is 5.29. The summed E-state index contributed by atoms with van der Waals surface area (Å²) in [5.41, 5.74) is 1.53. The molecule has 130 valence electrons. The van der Waals surface area contributed by atoms with E-state index in [4.69, 9.17) is 4.74 Å². The number of nitrogens with one attached hydrogen (secondary N) is 1. The van der Waals surface area contributed by atoms with E-state index in [9.17, 15) is 14.4 Å². The van der Waals surface area contributed by atoms with Crippen LogP contribution in [0.15, 0.2) is 54.6 Å². The minimum atomic E-state index is -0.513. The predicted molar refractivity (Wildman–Crippen MR) is 91.1 cm³/mol. The standard InChI is InChI=1S/C19H19NO5/c1-24-17(21)12-16(13-6-4-3-5-7-13)20-18(22)14-8-10-15(11-9-14)19(23)25-2/h3-11,16H,12H2,1-2H3,(H,20,22)/t16-/m0/s1. The summed E-state index contributed by atoms with van der Waals surface area (Å²) in [4.78, 5) is 35.5. The third kappa shape index (κ3) is 4.91. The Morgan fingerprint density at radius 2 is 1.48 bits per heavy atom. The first kappa shape index (κ1) is 18.2. The summed E-state index contributed by atoms with van der Waals surface area (Å²) < 4.78 is 9.33. The Hall–Kier alpha value is -3.15. The molecule has 1 amide bonds. The molecule has 1 atom stereocenters. The average molecular weight is 341 g/mol. The van der Waals surface area contributed by atoms with Gasteiger partial charge in [-0.25, -0.2) is 4.79 Å². The molecular weight excluding hydrogens is 322 g/mol. The van der Waals surface area contributed by atoms with Crippen molar-refractivity contribution < 1.29 is 23.9 Å². The molecule has 0 spiro atoms. The second-order valence-corrected chi connectivity index (χ2v) is 5.29. The van der Waals surface area contributed by atoms with Crippen LogP contribution in [0.1, 0.15) is 38.7 Å². The van der Waals surface area contributed by atoms with E-state index in [0.717, 1.165) is 5.56 Å². The number of rotatable bonds is 6. The van der Waals surface area contributed by atoms with E-state index >= 15 is 0 Å². The van der Waals surface area contributed by atoms with Gasteiger partial charge < -0.3 is 14.8 Å². The molecule has 0 unspecified atom stereocenters. The first-order valence-corrected chi connectivity index (χ1v) is 7.66. The maximum atomic E-state index is 12.5. The molecule has 2 aromatic carbocycles. The molecule has 1 N–H and O–H groups in total. The number of carbonyl (C=O) groups excluding carboxylic acids is 3. The average Bonchev–Trinajstić information content (AvgIpc) is 2.67. The quantitative estimate of drug-likeness (QED) is 0.817. The molecule has 0 radical (unpaired) electrons. The van der Waals surface area contributed by atoms with E-state index in [0.29, 0.717) is 11.1 Å². The van der Waals surface area contributed by atoms with Crippen molar-refractivity contribution in [2.45, 2.75) is 12.5 Å². The molecule has 2 rings (SSSR count). The van der Waals surface area contributed by atoms with Gasteiger partial charge in [0.15, 0.2) is 0 Å². The Kier molecular flexibility index (Phi) is 6.28. The van der Waals surface area contributed by atoms with Gasteiger partial charge in [0.05, 0.1) is 32.2 Å². The molecule has 0 bridgehead atoms. The van der Waals surface area contributed by atoms with Crippen LogP contribution in [0.4, 0.5) is 0 Å². The molecule has 0 heterocycles. The number of hydrogen-bond donors (Lipinski definition) is 1. The van der Waals surface area contributed by atoms with Gasteiger partial charge in [0.2, 0.25) is 0 Å². The number of ether oxygens (including phenoxy) is 2. The lowest BCUT2D eigenvalue weighted by atomic mass is 10.0. The number of esters is 2. The van der Waals surface area contributed by atoms with Gasteiger partial charge in [-0.15, -0.1) is 0 Å². The van der Waals surface area contributed by atoms with Crippen molar-refractivity contribution in [2.75, 3.05) is 14.2 Å². The fourth-order valence-electron chi connectivity index (χ4n) is 2.30. The topological polar surface area (TPSA) is 81.7 Å². The van der Waals surface area contributed by atoms with Gasteiger partial charge >= 0.3 is 11.9 Å². The van der Waals surface area contributed by atoms with E-state index < -0.39 is 18.0 Å². The maximum Gasteiger partial charge on any atom is 0.337 e. The summed E-state index contributed by atoms with van der Waals surface area (Å²) in [6.07, 6.45) is 0.0203. The summed E-state index contributed by atoms with van der Waals surface area (Å²) in [5.74, 6) is -1.25. The monoisotopic (exact) mass is 341 g/mol. The van der Waals surface area contributed by atoms with Crippen molar-refractivity contribution in [3.05, 3.63) is 71.3 Å². The first-order valence-electron chi connectivity index (χ1n) is 7.66. The van der Waals surface area contributed by atoms with Crippen molar-refractivity contribution in [1.29, 1.82) is 0 Å². The number of methoxy groups -OCH3 is 2. The van der Waals surface area contributed by atoms with Crippen LogP contribution < -0.4 is 5.32 Å². The summed E-state index contributed by atoms with van der Waals surface area (Å²) in [6, 6.07) is 14.7. The van der Waals surface area contributed by atoms with Gasteiger partial charge in [-0.1, -0.05) is 30.3 Å².